The molecule has 8 nitrogen and oxygen atoms in total. The van der Waals surface area contributed by atoms with Gasteiger partial charge in [-0.15, -0.1) is 0 Å². The molecule has 1 aliphatic heterocycles. The van der Waals surface area contributed by atoms with E-state index >= 15 is 0 Å². The summed E-state index contributed by atoms with van der Waals surface area (Å²) < 4.78 is 1.69. The molecule has 0 unspecified atom stereocenters. The van der Waals surface area contributed by atoms with Crippen LogP contribution in [0.4, 0.5) is 17.1 Å². The van der Waals surface area contributed by atoms with Crippen LogP contribution in [-0.4, -0.2) is 33.7 Å². The normalized spacial score (nSPS) is 14.3. The highest BCUT2D eigenvalue weighted by molar-refractivity contribution is 6.05. The van der Waals surface area contributed by atoms with Crippen LogP contribution in [0.15, 0.2) is 18.2 Å². The molecule has 138 valence electrons. The van der Waals surface area contributed by atoms with Gasteiger partial charge in [0.05, 0.1) is 22.0 Å². The third-order valence-electron chi connectivity index (χ3n) is 4.88. The highest BCUT2D eigenvalue weighted by Crippen LogP contribution is 2.31. The van der Waals surface area contributed by atoms with Crippen molar-refractivity contribution in [3.8, 4) is 0 Å². The molecule has 0 saturated carbocycles. The molecular formula is C18H23N5O3. The van der Waals surface area contributed by atoms with Crippen molar-refractivity contribution in [2.75, 3.05) is 23.3 Å². The van der Waals surface area contributed by atoms with E-state index < -0.39 is 4.92 Å². The van der Waals surface area contributed by atoms with Crippen LogP contribution >= 0.6 is 0 Å². The van der Waals surface area contributed by atoms with Crippen LogP contribution in [0, 0.1) is 24.0 Å². The quantitative estimate of drug-likeness (QED) is 0.670. The Morgan fingerprint density at radius 3 is 2.50 bits per heavy atom. The monoisotopic (exact) mass is 357 g/mol. The first kappa shape index (κ1) is 17.9. The molecule has 0 bridgehead atoms. The van der Waals surface area contributed by atoms with Crippen LogP contribution in [0.2, 0.25) is 0 Å². The number of hydrogen-bond acceptors (Lipinski definition) is 5. The van der Waals surface area contributed by atoms with E-state index in [4.69, 9.17) is 0 Å². The fraction of sp³-hybridized carbons (Fsp3) is 0.444. The molecule has 2 aromatic rings. The highest BCUT2D eigenvalue weighted by atomic mass is 16.6. The van der Waals surface area contributed by atoms with E-state index in [1.807, 2.05) is 18.7 Å². The summed E-state index contributed by atoms with van der Waals surface area (Å²) in [4.78, 5) is 25.8. The summed E-state index contributed by atoms with van der Waals surface area (Å²) in [5, 5.41) is 18.6. The maximum absolute atomic E-state index is 12.6. The van der Waals surface area contributed by atoms with Crippen molar-refractivity contribution in [2.45, 2.75) is 33.1 Å². The van der Waals surface area contributed by atoms with Gasteiger partial charge in [-0.1, -0.05) is 0 Å². The Bertz CT molecular complexity index is 853. The largest absolute Gasteiger partial charge is 0.366 e. The van der Waals surface area contributed by atoms with Crippen molar-refractivity contribution >= 4 is 23.0 Å². The molecule has 1 saturated heterocycles. The zero-order chi connectivity index (χ0) is 18.8. The number of carbonyl (C=O) groups excluding carboxylic acids is 1. The van der Waals surface area contributed by atoms with Gasteiger partial charge in [-0.25, -0.2) is 0 Å². The number of aryl methyl sites for hydroxylation is 2. The summed E-state index contributed by atoms with van der Waals surface area (Å²) >= 11 is 0. The lowest BCUT2D eigenvalue weighted by Crippen LogP contribution is -2.30. The summed E-state index contributed by atoms with van der Waals surface area (Å²) in [5.74, 6) is -0.377. The van der Waals surface area contributed by atoms with Gasteiger partial charge in [0.1, 0.15) is 5.69 Å². The molecule has 0 atom stereocenters. The minimum absolute atomic E-state index is 0.0285. The van der Waals surface area contributed by atoms with Crippen LogP contribution in [0.1, 0.15) is 41.0 Å². The Hall–Kier alpha value is -2.90. The standard InChI is InChI=1S/C18H23N5O3/c1-12-17(13(2)21(3)20-12)19-18(24)14-7-8-15(16(11-14)23(25)26)22-9-5-4-6-10-22/h7-8,11H,4-6,9-10H2,1-3H3,(H,19,24). The fourth-order valence-electron chi connectivity index (χ4n) is 3.35. The third kappa shape index (κ3) is 3.40. The average molecular weight is 357 g/mol. The summed E-state index contributed by atoms with van der Waals surface area (Å²) in [6.07, 6.45) is 3.20. The van der Waals surface area contributed by atoms with Gasteiger partial charge in [-0.05, 0) is 45.2 Å². The first-order valence-electron chi connectivity index (χ1n) is 8.73. The van der Waals surface area contributed by atoms with Crippen molar-refractivity contribution in [3.05, 3.63) is 45.3 Å². The molecule has 3 rings (SSSR count). The molecule has 1 aromatic carbocycles. The van der Waals surface area contributed by atoms with Gasteiger partial charge in [0.15, 0.2) is 0 Å². The number of nitrogens with zero attached hydrogens (tertiary/aromatic N) is 4. The second kappa shape index (κ2) is 7.15. The molecule has 1 aromatic heterocycles. The molecule has 1 N–H and O–H groups in total. The second-order valence-electron chi connectivity index (χ2n) is 6.63. The van der Waals surface area contributed by atoms with E-state index in [1.54, 1.807) is 23.9 Å². The molecule has 0 radical (unpaired) electrons. The zero-order valence-corrected chi connectivity index (χ0v) is 15.3. The molecular weight excluding hydrogens is 334 g/mol. The summed E-state index contributed by atoms with van der Waals surface area (Å²) in [5.41, 5.74) is 2.99. The number of carbonyl (C=O) groups is 1. The summed E-state index contributed by atoms with van der Waals surface area (Å²) in [7, 11) is 1.80. The van der Waals surface area contributed by atoms with Crippen LogP contribution < -0.4 is 10.2 Å². The summed E-state index contributed by atoms with van der Waals surface area (Å²) in [6, 6.07) is 4.69. The molecule has 2 heterocycles. The predicted molar refractivity (Wildman–Crippen MR) is 99.8 cm³/mol. The average Bonchev–Trinajstić information content (AvgIpc) is 2.88. The van der Waals surface area contributed by atoms with Crippen molar-refractivity contribution in [2.24, 2.45) is 7.05 Å². The maximum Gasteiger partial charge on any atom is 0.293 e. The second-order valence-corrected chi connectivity index (χ2v) is 6.63. The van der Waals surface area contributed by atoms with Gasteiger partial charge in [0, 0.05) is 31.8 Å². The van der Waals surface area contributed by atoms with Crippen molar-refractivity contribution < 1.29 is 9.72 Å². The number of hydrogen-bond donors (Lipinski definition) is 1. The van der Waals surface area contributed by atoms with E-state index in [0.29, 0.717) is 17.1 Å². The van der Waals surface area contributed by atoms with E-state index in [-0.39, 0.29) is 17.2 Å². The van der Waals surface area contributed by atoms with Crippen LogP contribution in [0.3, 0.4) is 0 Å². The third-order valence-corrected chi connectivity index (χ3v) is 4.88. The molecule has 0 spiro atoms. The van der Waals surface area contributed by atoms with Gasteiger partial charge in [0.25, 0.3) is 11.6 Å². The smallest absolute Gasteiger partial charge is 0.293 e. The number of rotatable bonds is 4. The van der Waals surface area contributed by atoms with Gasteiger partial charge in [0.2, 0.25) is 0 Å². The Morgan fingerprint density at radius 1 is 1.23 bits per heavy atom. The Labute approximate surface area is 151 Å². The van der Waals surface area contributed by atoms with Crippen molar-refractivity contribution in [1.29, 1.82) is 0 Å². The lowest BCUT2D eigenvalue weighted by molar-refractivity contribution is -0.384. The van der Waals surface area contributed by atoms with Crippen LogP contribution in [0.5, 0.6) is 0 Å². The molecule has 26 heavy (non-hydrogen) atoms. The molecule has 1 amide bonds. The maximum atomic E-state index is 12.6. The Morgan fingerprint density at radius 2 is 1.92 bits per heavy atom. The first-order valence-corrected chi connectivity index (χ1v) is 8.73. The van der Waals surface area contributed by atoms with Gasteiger partial charge in [-0.2, -0.15) is 5.10 Å². The van der Waals surface area contributed by atoms with Crippen molar-refractivity contribution in [1.82, 2.24) is 9.78 Å². The van der Waals surface area contributed by atoms with Crippen LogP contribution in [-0.2, 0) is 7.05 Å². The highest BCUT2D eigenvalue weighted by Gasteiger charge is 2.23. The molecule has 8 heteroatoms. The Kier molecular flexibility index (Phi) is 4.92. The number of nitro groups is 1. The van der Waals surface area contributed by atoms with Gasteiger partial charge < -0.3 is 10.2 Å². The zero-order valence-electron chi connectivity index (χ0n) is 15.3. The van der Waals surface area contributed by atoms with E-state index in [0.717, 1.165) is 38.0 Å². The number of nitrogens with one attached hydrogen (secondary N) is 1. The number of amides is 1. The summed E-state index contributed by atoms with van der Waals surface area (Å²) in [6.45, 7) is 5.28. The fourth-order valence-corrected chi connectivity index (χ4v) is 3.35. The first-order chi connectivity index (χ1) is 12.4. The lowest BCUT2D eigenvalue weighted by Gasteiger charge is -2.28. The van der Waals surface area contributed by atoms with Crippen LogP contribution in [0.25, 0.3) is 0 Å². The van der Waals surface area contributed by atoms with Gasteiger partial charge in [-0.3, -0.25) is 19.6 Å². The lowest BCUT2D eigenvalue weighted by atomic mass is 10.1. The molecule has 1 fully saturated rings. The minimum atomic E-state index is -0.415. The van der Waals surface area contributed by atoms with E-state index in [9.17, 15) is 14.9 Å². The van der Waals surface area contributed by atoms with Gasteiger partial charge >= 0.3 is 0 Å². The molecule has 0 aliphatic carbocycles. The SMILES string of the molecule is Cc1nn(C)c(C)c1NC(=O)c1ccc(N2CCCCC2)c([N+](=O)[O-])c1. The van der Waals surface area contributed by atoms with E-state index in [2.05, 4.69) is 10.4 Å². The number of anilines is 2. The topological polar surface area (TPSA) is 93.3 Å². The number of aromatic nitrogens is 2. The number of piperidine rings is 1. The number of benzene rings is 1. The minimum Gasteiger partial charge on any atom is -0.366 e. The van der Waals surface area contributed by atoms with E-state index in [1.165, 1.54) is 6.07 Å². The predicted octanol–water partition coefficient (Wildman–Crippen LogP) is 3.19. The number of nitro benzene ring substituents is 1. The van der Waals surface area contributed by atoms with Crippen molar-refractivity contribution in [3.63, 3.8) is 0 Å². The molecule has 1 aliphatic rings. The Balaban J connectivity index is 1.89.